The van der Waals surface area contributed by atoms with Crippen LogP contribution in [0, 0.1) is 0 Å². The highest BCUT2D eigenvalue weighted by atomic mass is 16.2. The van der Waals surface area contributed by atoms with Gasteiger partial charge in [-0.05, 0) is 19.2 Å². The number of nitrogens with two attached hydrogens (primary N) is 1. The van der Waals surface area contributed by atoms with Crippen molar-refractivity contribution in [1.82, 2.24) is 14.8 Å². The molecule has 1 aromatic rings. The first-order valence-corrected chi connectivity index (χ1v) is 5.62. The van der Waals surface area contributed by atoms with Crippen molar-refractivity contribution >= 4 is 11.7 Å². The molecule has 0 radical (unpaired) electrons. The third kappa shape index (κ3) is 2.54. The highest BCUT2D eigenvalue weighted by molar-refractivity contribution is 5.98. The summed E-state index contributed by atoms with van der Waals surface area (Å²) in [5, 5.41) is 0. The molecule has 1 saturated heterocycles. The standard InChI is InChI=1S/C11H17N5O/c1-15-5-7-16(8-6-15)11(17)9-3-2-4-13-10(9)14-12/h2-4H,5-8,12H2,1H3,(H,13,14). The Balaban J connectivity index is 2.14. The van der Waals surface area contributed by atoms with Gasteiger partial charge in [-0.1, -0.05) is 0 Å². The van der Waals surface area contributed by atoms with Gasteiger partial charge in [0.15, 0.2) is 5.82 Å². The minimum absolute atomic E-state index is 0.0147. The molecular formula is C11H17N5O. The number of hydrogen-bond acceptors (Lipinski definition) is 5. The summed E-state index contributed by atoms with van der Waals surface area (Å²) in [6.45, 7) is 3.29. The number of nitrogens with one attached hydrogen (secondary N) is 1. The number of nitrogens with zero attached hydrogens (tertiary/aromatic N) is 3. The smallest absolute Gasteiger partial charge is 0.257 e. The van der Waals surface area contributed by atoms with Gasteiger partial charge in [0.25, 0.3) is 5.91 Å². The molecule has 6 heteroatoms. The third-order valence-corrected chi connectivity index (χ3v) is 2.97. The van der Waals surface area contributed by atoms with E-state index < -0.39 is 0 Å². The Morgan fingerprint density at radius 1 is 1.41 bits per heavy atom. The number of amides is 1. The van der Waals surface area contributed by atoms with Gasteiger partial charge in [-0.2, -0.15) is 0 Å². The molecular weight excluding hydrogens is 218 g/mol. The number of hydrazine groups is 1. The molecule has 0 spiro atoms. The second kappa shape index (κ2) is 5.11. The first-order valence-electron chi connectivity index (χ1n) is 5.62. The molecule has 3 N–H and O–H groups in total. The molecule has 17 heavy (non-hydrogen) atoms. The van der Waals surface area contributed by atoms with Crippen LogP contribution in [0.5, 0.6) is 0 Å². The second-order valence-corrected chi connectivity index (χ2v) is 4.14. The van der Waals surface area contributed by atoms with Crippen LogP contribution < -0.4 is 11.3 Å². The van der Waals surface area contributed by atoms with Crippen LogP contribution in [0.3, 0.4) is 0 Å². The van der Waals surface area contributed by atoms with Gasteiger partial charge in [-0.3, -0.25) is 4.79 Å². The maximum absolute atomic E-state index is 12.3. The third-order valence-electron chi connectivity index (χ3n) is 2.97. The highest BCUT2D eigenvalue weighted by Crippen LogP contribution is 2.14. The number of likely N-dealkylation sites (N-methyl/N-ethyl adjacent to an activating group) is 1. The summed E-state index contributed by atoms with van der Waals surface area (Å²) in [5.41, 5.74) is 2.98. The molecule has 1 amide bonds. The van der Waals surface area contributed by atoms with Crippen LogP contribution in [-0.2, 0) is 0 Å². The zero-order chi connectivity index (χ0) is 12.3. The number of pyridine rings is 1. The minimum Gasteiger partial charge on any atom is -0.336 e. The Morgan fingerprint density at radius 3 is 2.76 bits per heavy atom. The summed E-state index contributed by atoms with van der Waals surface area (Å²) in [6.07, 6.45) is 1.61. The van der Waals surface area contributed by atoms with E-state index in [2.05, 4.69) is 22.4 Å². The predicted molar refractivity (Wildman–Crippen MR) is 65.4 cm³/mol. The van der Waals surface area contributed by atoms with Gasteiger partial charge in [-0.25, -0.2) is 10.8 Å². The Labute approximate surface area is 100 Å². The number of anilines is 1. The van der Waals surface area contributed by atoms with Crippen molar-refractivity contribution in [3.05, 3.63) is 23.9 Å². The van der Waals surface area contributed by atoms with Crippen LogP contribution >= 0.6 is 0 Å². The van der Waals surface area contributed by atoms with Gasteiger partial charge >= 0.3 is 0 Å². The Kier molecular flexibility index (Phi) is 3.55. The number of aromatic nitrogens is 1. The Morgan fingerprint density at radius 2 is 2.12 bits per heavy atom. The monoisotopic (exact) mass is 235 g/mol. The van der Waals surface area contributed by atoms with Crippen LogP contribution in [0.1, 0.15) is 10.4 Å². The number of rotatable bonds is 2. The highest BCUT2D eigenvalue weighted by Gasteiger charge is 2.22. The molecule has 0 aliphatic carbocycles. The summed E-state index contributed by atoms with van der Waals surface area (Å²) in [7, 11) is 2.05. The molecule has 6 nitrogen and oxygen atoms in total. The van der Waals surface area contributed by atoms with Crippen molar-refractivity contribution in [1.29, 1.82) is 0 Å². The minimum atomic E-state index is -0.0147. The SMILES string of the molecule is CN1CCN(C(=O)c2cccnc2NN)CC1. The lowest BCUT2D eigenvalue weighted by atomic mass is 10.2. The molecule has 2 heterocycles. The van der Waals surface area contributed by atoms with Gasteiger partial charge in [0.05, 0.1) is 5.56 Å². The lowest BCUT2D eigenvalue weighted by molar-refractivity contribution is 0.0664. The van der Waals surface area contributed by atoms with E-state index >= 15 is 0 Å². The molecule has 0 aromatic carbocycles. The number of nitrogen functional groups attached to an aromatic ring is 1. The number of hydrogen-bond donors (Lipinski definition) is 2. The summed E-state index contributed by atoms with van der Waals surface area (Å²) in [5.74, 6) is 5.76. The first kappa shape index (κ1) is 11.8. The largest absolute Gasteiger partial charge is 0.336 e. The van der Waals surface area contributed by atoms with Crippen LogP contribution in [-0.4, -0.2) is 53.9 Å². The summed E-state index contributed by atoms with van der Waals surface area (Å²) >= 11 is 0. The molecule has 1 aliphatic heterocycles. The Bertz CT molecular complexity index is 401. The predicted octanol–water partition coefficient (Wildman–Crippen LogP) is -0.245. The van der Waals surface area contributed by atoms with Crippen molar-refractivity contribution in [2.45, 2.75) is 0 Å². The van der Waals surface area contributed by atoms with Gasteiger partial charge < -0.3 is 15.2 Å². The van der Waals surface area contributed by atoms with Crippen molar-refractivity contribution in [3.8, 4) is 0 Å². The average Bonchev–Trinajstić information content (AvgIpc) is 2.39. The van der Waals surface area contributed by atoms with E-state index in [1.54, 1.807) is 18.3 Å². The maximum atomic E-state index is 12.3. The van der Waals surface area contributed by atoms with Gasteiger partial charge in [0.1, 0.15) is 0 Å². The van der Waals surface area contributed by atoms with Crippen molar-refractivity contribution < 1.29 is 4.79 Å². The molecule has 92 valence electrons. The summed E-state index contributed by atoms with van der Waals surface area (Å²) in [6, 6.07) is 3.48. The van der Waals surface area contributed by atoms with Crippen LogP contribution in [0.4, 0.5) is 5.82 Å². The first-order chi connectivity index (χ1) is 8.22. The normalized spacial score (nSPS) is 16.9. The van der Waals surface area contributed by atoms with Crippen molar-refractivity contribution in [3.63, 3.8) is 0 Å². The van der Waals surface area contributed by atoms with E-state index in [1.165, 1.54) is 0 Å². The fourth-order valence-electron chi connectivity index (χ4n) is 1.87. The van der Waals surface area contributed by atoms with Gasteiger partial charge in [0, 0.05) is 32.4 Å². The molecule has 0 unspecified atom stereocenters. The van der Waals surface area contributed by atoms with Gasteiger partial charge in [-0.15, -0.1) is 0 Å². The van der Waals surface area contributed by atoms with Crippen molar-refractivity contribution in [2.75, 3.05) is 38.7 Å². The topological polar surface area (TPSA) is 74.5 Å². The van der Waals surface area contributed by atoms with E-state index in [4.69, 9.17) is 5.84 Å². The quantitative estimate of drug-likeness (QED) is 0.546. The second-order valence-electron chi connectivity index (χ2n) is 4.14. The Hall–Kier alpha value is -1.66. The van der Waals surface area contributed by atoms with Crippen LogP contribution in [0.15, 0.2) is 18.3 Å². The molecule has 1 aromatic heterocycles. The summed E-state index contributed by atoms with van der Waals surface area (Å²) < 4.78 is 0. The van der Waals surface area contributed by atoms with Gasteiger partial charge in [0.2, 0.25) is 0 Å². The zero-order valence-electron chi connectivity index (χ0n) is 9.89. The molecule has 1 fully saturated rings. The number of piperazine rings is 1. The van der Waals surface area contributed by atoms with E-state index in [9.17, 15) is 4.79 Å². The lowest BCUT2D eigenvalue weighted by Gasteiger charge is -2.32. The van der Waals surface area contributed by atoms with E-state index in [1.807, 2.05) is 4.90 Å². The fraction of sp³-hybridized carbons (Fsp3) is 0.455. The fourth-order valence-corrected chi connectivity index (χ4v) is 1.87. The molecule has 0 saturated carbocycles. The zero-order valence-corrected chi connectivity index (χ0v) is 9.89. The van der Waals surface area contributed by atoms with E-state index in [0.717, 1.165) is 26.2 Å². The molecule has 1 aliphatic rings. The van der Waals surface area contributed by atoms with Crippen molar-refractivity contribution in [2.24, 2.45) is 5.84 Å². The molecule has 2 rings (SSSR count). The average molecular weight is 235 g/mol. The van der Waals surface area contributed by atoms with E-state index in [-0.39, 0.29) is 5.91 Å². The lowest BCUT2D eigenvalue weighted by Crippen LogP contribution is -2.47. The number of carbonyl (C=O) groups is 1. The molecule has 0 bridgehead atoms. The summed E-state index contributed by atoms with van der Waals surface area (Å²) in [4.78, 5) is 20.3. The molecule has 0 atom stereocenters. The van der Waals surface area contributed by atoms with Crippen LogP contribution in [0.2, 0.25) is 0 Å². The van der Waals surface area contributed by atoms with Crippen LogP contribution in [0.25, 0.3) is 0 Å². The van der Waals surface area contributed by atoms with E-state index in [0.29, 0.717) is 11.4 Å². The maximum Gasteiger partial charge on any atom is 0.257 e. The number of carbonyl (C=O) groups excluding carboxylic acids is 1.